The number of rotatable bonds is 2. The van der Waals surface area contributed by atoms with E-state index in [2.05, 4.69) is 9.97 Å². The Morgan fingerprint density at radius 2 is 1.83 bits per heavy atom. The van der Waals surface area contributed by atoms with E-state index in [-0.39, 0.29) is 18.4 Å². The van der Waals surface area contributed by atoms with Crippen LogP contribution in [0.25, 0.3) is 0 Å². The Bertz CT molecular complexity index is 428. The Morgan fingerprint density at radius 3 is 2.39 bits per heavy atom. The van der Waals surface area contributed by atoms with Crippen LogP contribution in [0.1, 0.15) is 10.5 Å². The lowest BCUT2D eigenvalue weighted by Crippen LogP contribution is -2.52. The van der Waals surface area contributed by atoms with Gasteiger partial charge in [-0.2, -0.15) is 0 Å². The Morgan fingerprint density at radius 1 is 1.17 bits per heavy atom. The zero-order valence-electron chi connectivity index (χ0n) is 9.95. The summed E-state index contributed by atoms with van der Waals surface area (Å²) in [4.78, 5) is 34.6. The number of hydrogen-bond donors (Lipinski definition) is 1. The molecule has 1 aliphatic rings. The van der Waals surface area contributed by atoms with E-state index in [0.29, 0.717) is 31.9 Å². The average molecular weight is 249 g/mol. The van der Waals surface area contributed by atoms with Gasteiger partial charge in [-0.3, -0.25) is 14.6 Å². The molecule has 1 aromatic heterocycles. The standard InChI is InChI=1S/C11H15N5O2/c12-7-10(17)15-3-5-16(6-4-15)11(18)9-8-13-1-2-14-9/h1-2,8H,3-7,12H2. The second-order valence-electron chi connectivity index (χ2n) is 3.97. The highest BCUT2D eigenvalue weighted by atomic mass is 16.2. The van der Waals surface area contributed by atoms with Gasteiger partial charge in [0.05, 0.1) is 12.7 Å². The van der Waals surface area contributed by atoms with Gasteiger partial charge in [0.2, 0.25) is 5.91 Å². The summed E-state index contributed by atoms with van der Waals surface area (Å²) in [6.45, 7) is 2.05. The van der Waals surface area contributed by atoms with Crippen molar-refractivity contribution in [1.82, 2.24) is 19.8 Å². The maximum Gasteiger partial charge on any atom is 0.274 e. The van der Waals surface area contributed by atoms with Crippen molar-refractivity contribution >= 4 is 11.8 Å². The molecule has 7 heteroatoms. The fourth-order valence-corrected chi connectivity index (χ4v) is 1.86. The molecule has 96 valence electrons. The molecule has 18 heavy (non-hydrogen) atoms. The normalized spacial score (nSPS) is 15.6. The van der Waals surface area contributed by atoms with Crippen LogP contribution in [-0.4, -0.2) is 64.3 Å². The van der Waals surface area contributed by atoms with E-state index in [9.17, 15) is 9.59 Å². The number of carbonyl (C=O) groups is 2. The van der Waals surface area contributed by atoms with E-state index in [1.54, 1.807) is 9.80 Å². The van der Waals surface area contributed by atoms with E-state index in [1.807, 2.05) is 0 Å². The monoisotopic (exact) mass is 249 g/mol. The minimum atomic E-state index is -0.150. The molecule has 2 heterocycles. The van der Waals surface area contributed by atoms with Crippen LogP contribution >= 0.6 is 0 Å². The smallest absolute Gasteiger partial charge is 0.274 e. The number of nitrogens with zero attached hydrogens (tertiary/aromatic N) is 4. The maximum atomic E-state index is 12.0. The molecule has 2 rings (SSSR count). The molecule has 0 saturated carbocycles. The van der Waals surface area contributed by atoms with Gasteiger partial charge in [0.1, 0.15) is 5.69 Å². The van der Waals surface area contributed by atoms with E-state index < -0.39 is 0 Å². The van der Waals surface area contributed by atoms with Crippen LogP contribution in [0.3, 0.4) is 0 Å². The SMILES string of the molecule is NCC(=O)N1CCN(C(=O)c2cnccn2)CC1. The molecule has 7 nitrogen and oxygen atoms in total. The minimum absolute atomic E-state index is 0.0120. The molecule has 2 amide bonds. The minimum Gasteiger partial charge on any atom is -0.338 e. The number of nitrogens with two attached hydrogens (primary N) is 1. The molecule has 0 aliphatic carbocycles. The van der Waals surface area contributed by atoms with Crippen LogP contribution in [0.4, 0.5) is 0 Å². The molecule has 0 atom stereocenters. The Balaban J connectivity index is 1.94. The summed E-state index contributed by atoms with van der Waals surface area (Å²) in [5.74, 6) is -0.232. The van der Waals surface area contributed by atoms with E-state index in [4.69, 9.17) is 5.73 Å². The molecule has 0 aromatic carbocycles. The van der Waals surface area contributed by atoms with Gasteiger partial charge in [0.15, 0.2) is 0 Å². The molecular formula is C11H15N5O2. The first kappa shape index (κ1) is 12.4. The van der Waals surface area contributed by atoms with Crippen molar-refractivity contribution in [3.05, 3.63) is 24.3 Å². The lowest BCUT2D eigenvalue weighted by molar-refractivity contribution is -0.131. The van der Waals surface area contributed by atoms with Gasteiger partial charge in [-0.25, -0.2) is 4.98 Å². The molecule has 1 aromatic rings. The van der Waals surface area contributed by atoms with Gasteiger partial charge in [0.25, 0.3) is 5.91 Å². The molecule has 2 N–H and O–H groups in total. The third-order valence-electron chi connectivity index (χ3n) is 2.88. The van der Waals surface area contributed by atoms with Crippen LogP contribution in [0.15, 0.2) is 18.6 Å². The summed E-state index contributed by atoms with van der Waals surface area (Å²) >= 11 is 0. The van der Waals surface area contributed by atoms with Crippen molar-refractivity contribution in [2.75, 3.05) is 32.7 Å². The summed E-state index contributed by atoms with van der Waals surface area (Å²) in [5, 5.41) is 0. The van der Waals surface area contributed by atoms with Gasteiger partial charge >= 0.3 is 0 Å². The number of aromatic nitrogens is 2. The Kier molecular flexibility index (Phi) is 3.83. The summed E-state index contributed by atoms with van der Waals surface area (Å²) in [7, 11) is 0. The predicted octanol–water partition coefficient (Wildman–Crippen LogP) is -1.28. The highest BCUT2D eigenvalue weighted by molar-refractivity contribution is 5.92. The van der Waals surface area contributed by atoms with Crippen molar-refractivity contribution in [1.29, 1.82) is 0 Å². The van der Waals surface area contributed by atoms with Gasteiger partial charge in [-0.05, 0) is 0 Å². The molecule has 1 aliphatic heterocycles. The zero-order chi connectivity index (χ0) is 13.0. The second kappa shape index (κ2) is 5.54. The third-order valence-corrected chi connectivity index (χ3v) is 2.88. The van der Waals surface area contributed by atoms with Crippen LogP contribution in [-0.2, 0) is 4.79 Å². The molecule has 0 bridgehead atoms. The van der Waals surface area contributed by atoms with E-state index in [1.165, 1.54) is 18.6 Å². The quantitative estimate of drug-likeness (QED) is 0.704. The Labute approximate surface area is 105 Å². The van der Waals surface area contributed by atoms with Gasteiger partial charge in [-0.15, -0.1) is 0 Å². The molecule has 1 saturated heterocycles. The number of hydrogen-bond acceptors (Lipinski definition) is 5. The van der Waals surface area contributed by atoms with Crippen LogP contribution < -0.4 is 5.73 Å². The largest absolute Gasteiger partial charge is 0.338 e. The van der Waals surface area contributed by atoms with Crippen molar-refractivity contribution in [3.63, 3.8) is 0 Å². The average Bonchev–Trinajstić information content (AvgIpc) is 2.47. The number of amides is 2. The zero-order valence-corrected chi connectivity index (χ0v) is 9.95. The number of piperazine rings is 1. The second-order valence-corrected chi connectivity index (χ2v) is 3.97. The Hall–Kier alpha value is -2.02. The fraction of sp³-hybridized carbons (Fsp3) is 0.455. The van der Waals surface area contributed by atoms with Crippen molar-refractivity contribution in [3.8, 4) is 0 Å². The molecule has 0 spiro atoms. The van der Waals surface area contributed by atoms with Crippen LogP contribution in [0.2, 0.25) is 0 Å². The van der Waals surface area contributed by atoms with Crippen molar-refractivity contribution < 1.29 is 9.59 Å². The molecule has 1 fully saturated rings. The van der Waals surface area contributed by atoms with Gasteiger partial charge < -0.3 is 15.5 Å². The van der Waals surface area contributed by atoms with Gasteiger partial charge in [-0.1, -0.05) is 0 Å². The molecule has 0 radical (unpaired) electrons. The lowest BCUT2D eigenvalue weighted by atomic mass is 10.2. The molecular weight excluding hydrogens is 234 g/mol. The summed E-state index contributed by atoms with van der Waals surface area (Å²) in [5.41, 5.74) is 5.63. The summed E-state index contributed by atoms with van der Waals surface area (Å²) in [6.07, 6.45) is 4.45. The third kappa shape index (κ3) is 2.62. The van der Waals surface area contributed by atoms with Crippen molar-refractivity contribution in [2.24, 2.45) is 5.73 Å². The highest BCUT2D eigenvalue weighted by Crippen LogP contribution is 2.06. The first-order chi connectivity index (χ1) is 8.72. The first-order valence-corrected chi connectivity index (χ1v) is 5.75. The topological polar surface area (TPSA) is 92.4 Å². The summed E-state index contributed by atoms with van der Waals surface area (Å²) in [6, 6.07) is 0. The highest BCUT2D eigenvalue weighted by Gasteiger charge is 2.24. The maximum absolute atomic E-state index is 12.0. The summed E-state index contributed by atoms with van der Waals surface area (Å²) < 4.78 is 0. The van der Waals surface area contributed by atoms with Gasteiger partial charge in [0, 0.05) is 38.6 Å². The predicted molar refractivity (Wildman–Crippen MR) is 63.6 cm³/mol. The van der Waals surface area contributed by atoms with Crippen LogP contribution in [0.5, 0.6) is 0 Å². The van der Waals surface area contributed by atoms with Crippen molar-refractivity contribution in [2.45, 2.75) is 0 Å². The first-order valence-electron chi connectivity index (χ1n) is 5.75. The molecule has 0 unspecified atom stereocenters. The fourth-order valence-electron chi connectivity index (χ4n) is 1.86. The lowest BCUT2D eigenvalue weighted by Gasteiger charge is -2.34. The van der Waals surface area contributed by atoms with E-state index >= 15 is 0 Å². The van der Waals surface area contributed by atoms with Crippen LogP contribution in [0, 0.1) is 0 Å². The van der Waals surface area contributed by atoms with E-state index in [0.717, 1.165) is 0 Å². The number of carbonyl (C=O) groups excluding carboxylic acids is 2.